The van der Waals surface area contributed by atoms with E-state index in [1.165, 1.54) is 0 Å². The van der Waals surface area contributed by atoms with Crippen LogP contribution < -0.4 is 11.5 Å². The summed E-state index contributed by atoms with van der Waals surface area (Å²) in [5, 5.41) is 0. The van der Waals surface area contributed by atoms with Crippen LogP contribution in [0, 0.1) is 0 Å². The molecule has 1 rings (SSSR count). The number of nitrogen functional groups attached to an aromatic ring is 1. The summed E-state index contributed by atoms with van der Waals surface area (Å²) in [6.45, 7) is 0.569. The summed E-state index contributed by atoms with van der Waals surface area (Å²) in [7, 11) is 1.83. The van der Waals surface area contributed by atoms with E-state index in [4.69, 9.17) is 16.2 Å². The number of aromatic nitrogens is 2. The summed E-state index contributed by atoms with van der Waals surface area (Å²) < 4.78 is 6.67. The molecule has 0 aliphatic carbocycles. The Labute approximate surface area is 65.0 Å². The van der Waals surface area contributed by atoms with Gasteiger partial charge in [0.05, 0.1) is 19.7 Å². The lowest BCUT2D eigenvalue weighted by atomic mass is 10.5. The zero-order valence-electron chi connectivity index (χ0n) is 6.45. The zero-order valence-corrected chi connectivity index (χ0v) is 6.45. The van der Waals surface area contributed by atoms with Gasteiger partial charge in [0.1, 0.15) is 11.5 Å². The van der Waals surface area contributed by atoms with Crippen LogP contribution in [0.25, 0.3) is 0 Å². The van der Waals surface area contributed by atoms with Gasteiger partial charge in [-0.05, 0) is 0 Å². The predicted octanol–water partition coefficient (Wildman–Crippen LogP) is -0.565. The van der Waals surface area contributed by atoms with Crippen LogP contribution in [0.15, 0.2) is 6.33 Å². The Balaban J connectivity index is 2.63. The molecule has 5 heteroatoms. The van der Waals surface area contributed by atoms with Gasteiger partial charge in [-0.1, -0.05) is 0 Å². The smallest absolute Gasteiger partial charge is 0.128 e. The molecular weight excluding hydrogens is 144 g/mol. The summed E-state index contributed by atoms with van der Waals surface area (Å²) in [5.41, 5.74) is 11.5. The monoisotopic (exact) mass is 156 g/mol. The average molecular weight is 156 g/mol. The molecule has 0 atom stereocenters. The fourth-order valence-corrected chi connectivity index (χ4v) is 0.755. The van der Waals surface area contributed by atoms with Crippen molar-refractivity contribution in [2.24, 2.45) is 12.8 Å². The number of imidazole rings is 1. The Hall–Kier alpha value is -1.07. The van der Waals surface area contributed by atoms with Crippen molar-refractivity contribution in [3.8, 4) is 0 Å². The Morgan fingerprint density at radius 3 is 2.91 bits per heavy atom. The highest BCUT2D eigenvalue weighted by atomic mass is 16.5. The van der Waals surface area contributed by atoms with E-state index in [0.717, 1.165) is 5.69 Å². The number of ether oxygens (including phenoxy) is 1. The van der Waals surface area contributed by atoms with Gasteiger partial charge in [-0.25, -0.2) is 4.98 Å². The van der Waals surface area contributed by atoms with Gasteiger partial charge in [-0.3, -0.25) is 0 Å². The van der Waals surface area contributed by atoms with Gasteiger partial charge in [0.25, 0.3) is 0 Å². The fourth-order valence-electron chi connectivity index (χ4n) is 0.755. The van der Waals surface area contributed by atoms with Gasteiger partial charge in [-0.15, -0.1) is 0 Å². The van der Waals surface area contributed by atoms with E-state index in [2.05, 4.69) is 4.98 Å². The van der Waals surface area contributed by atoms with Crippen molar-refractivity contribution in [2.45, 2.75) is 6.61 Å². The van der Waals surface area contributed by atoms with Crippen LogP contribution in [0.2, 0.25) is 0 Å². The van der Waals surface area contributed by atoms with E-state index >= 15 is 0 Å². The maximum absolute atomic E-state index is 5.62. The first-order chi connectivity index (χ1) is 5.25. The van der Waals surface area contributed by atoms with E-state index in [0.29, 0.717) is 12.4 Å². The van der Waals surface area contributed by atoms with Gasteiger partial charge in [0.2, 0.25) is 0 Å². The molecule has 62 valence electrons. The van der Waals surface area contributed by atoms with Crippen molar-refractivity contribution in [3.05, 3.63) is 12.0 Å². The highest BCUT2D eigenvalue weighted by Gasteiger charge is 2.03. The van der Waals surface area contributed by atoms with E-state index in [1.54, 1.807) is 10.9 Å². The molecule has 4 N–H and O–H groups in total. The molecule has 0 aromatic carbocycles. The lowest BCUT2D eigenvalue weighted by Gasteiger charge is -1.99. The molecule has 0 aliphatic heterocycles. The van der Waals surface area contributed by atoms with Crippen LogP contribution in [0.5, 0.6) is 0 Å². The third kappa shape index (κ3) is 1.69. The van der Waals surface area contributed by atoms with Gasteiger partial charge in [-0.2, -0.15) is 0 Å². The molecule has 5 nitrogen and oxygen atoms in total. The maximum Gasteiger partial charge on any atom is 0.128 e. The second-order valence-corrected chi connectivity index (χ2v) is 2.20. The number of hydrogen-bond donors (Lipinski definition) is 2. The lowest BCUT2D eigenvalue weighted by molar-refractivity contribution is 0.125. The van der Waals surface area contributed by atoms with Crippen molar-refractivity contribution in [3.63, 3.8) is 0 Å². The van der Waals surface area contributed by atoms with E-state index < -0.39 is 0 Å². The second-order valence-electron chi connectivity index (χ2n) is 2.20. The molecule has 1 aromatic rings. The average Bonchev–Trinajstić information content (AvgIpc) is 2.31. The number of aryl methyl sites for hydroxylation is 1. The normalized spacial score (nSPS) is 10.4. The molecule has 0 spiro atoms. The largest absolute Gasteiger partial charge is 0.383 e. The van der Waals surface area contributed by atoms with Crippen LogP contribution in [0.3, 0.4) is 0 Å². The molecular formula is C6H12N4O. The van der Waals surface area contributed by atoms with Gasteiger partial charge in [0.15, 0.2) is 0 Å². The molecule has 0 amide bonds. The molecule has 0 unspecified atom stereocenters. The number of hydrogen-bond acceptors (Lipinski definition) is 4. The van der Waals surface area contributed by atoms with E-state index in [9.17, 15) is 0 Å². The first-order valence-electron chi connectivity index (χ1n) is 3.29. The Morgan fingerprint density at radius 1 is 1.73 bits per heavy atom. The highest BCUT2D eigenvalue weighted by molar-refractivity contribution is 5.34. The van der Waals surface area contributed by atoms with Crippen LogP contribution in [0.1, 0.15) is 5.69 Å². The van der Waals surface area contributed by atoms with Crippen LogP contribution in [0.4, 0.5) is 5.82 Å². The molecule has 1 heterocycles. The van der Waals surface area contributed by atoms with Crippen molar-refractivity contribution in [1.29, 1.82) is 0 Å². The molecule has 0 bridgehead atoms. The third-order valence-electron chi connectivity index (χ3n) is 1.42. The molecule has 1 aromatic heterocycles. The van der Waals surface area contributed by atoms with Crippen LogP contribution in [-0.2, 0) is 18.4 Å². The number of rotatable bonds is 3. The first kappa shape index (κ1) is 8.03. The molecule has 0 radical (unpaired) electrons. The fraction of sp³-hybridized carbons (Fsp3) is 0.500. The maximum atomic E-state index is 5.62. The lowest BCUT2D eigenvalue weighted by Crippen LogP contribution is -2.06. The summed E-state index contributed by atoms with van der Waals surface area (Å²) in [5.74, 6) is 0.624. The first-order valence-corrected chi connectivity index (χ1v) is 3.29. The van der Waals surface area contributed by atoms with Crippen LogP contribution >= 0.6 is 0 Å². The Morgan fingerprint density at radius 2 is 2.45 bits per heavy atom. The minimum Gasteiger partial charge on any atom is -0.383 e. The van der Waals surface area contributed by atoms with Crippen molar-refractivity contribution in [1.82, 2.24) is 9.55 Å². The highest BCUT2D eigenvalue weighted by Crippen LogP contribution is 2.08. The van der Waals surface area contributed by atoms with Gasteiger partial charge in [0, 0.05) is 7.05 Å². The number of nitrogens with two attached hydrogens (primary N) is 2. The molecule has 0 saturated carbocycles. The number of anilines is 1. The topological polar surface area (TPSA) is 79.1 Å². The third-order valence-corrected chi connectivity index (χ3v) is 1.42. The summed E-state index contributed by atoms with van der Waals surface area (Å²) in [4.78, 5) is 4.01. The second kappa shape index (κ2) is 3.36. The standard InChI is InChI=1S/C6H12N4O/c1-10-4-9-5(6(10)8)2-11-3-7/h4H,2-3,7-8H2,1H3. The Kier molecular flexibility index (Phi) is 2.45. The molecule has 0 aliphatic rings. The van der Waals surface area contributed by atoms with Crippen molar-refractivity contribution >= 4 is 5.82 Å². The summed E-state index contributed by atoms with van der Waals surface area (Å²) in [6, 6.07) is 0. The minimum absolute atomic E-state index is 0.190. The summed E-state index contributed by atoms with van der Waals surface area (Å²) in [6.07, 6.45) is 1.64. The number of nitrogens with zero attached hydrogens (tertiary/aromatic N) is 2. The Bertz CT molecular complexity index is 232. The quantitative estimate of drug-likeness (QED) is 0.575. The van der Waals surface area contributed by atoms with Crippen molar-refractivity contribution < 1.29 is 4.74 Å². The van der Waals surface area contributed by atoms with E-state index in [1.807, 2.05) is 7.05 Å². The minimum atomic E-state index is 0.190. The van der Waals surface area contributed by atoms with Crippen molar-refractivity contribution in [2.75, 3.05) is 12.5 Å². The molecule has 0 fully saturated rings. The molecule has 0 saturated heterocycles. The molecule has 11 heavy (non-hydrogen) atoms. The summed E-state index contributed by atoms with van der Waals surface area (Å²) >= 11 is 0. The van der Waals surface area contributed by atoms with Crippen LogP contribution in [-0.4, -0.2) is 16.3 Å². The predicted molar refractivity (Wildman–Crippen MR) is 41.5 cm³/mol. The van der Waals surface area contributed by atoms with Gasteiger partial charge < -0.3 is 20.8 Å². The van der Waals surface area contributed by atoms with Gasteiger partial charge >= 0.3 is 0 Å². The zero-order chi connectivity index (χ0) is 8.27. The van der Waals surface area contributed by atoms with E-state index in [-0.39, 0.29) is 6.73 Å². The SMILES string of the molecule is Cn1cnc(COCN)c1N.